The van der Waals surface area contributed by atoms with E-state index in [-0.39, 0.29) is 6.54 Å². The van der Waals surface area contributed by atoms with Crippen LogP contribution in [0.1, 0.15) is 37.8 Å². The van der Waals surface area contributed by atoms with Crippen LogP contribution >= 0.6 is 0 Å². The van der Waals surface area contributed by atoms with Crippen LogP contribution in [0.5, 0.6) is 5.75 Å². The maximum atomic E-state index is 6.06. The molecule has 0 saturated heterocycles. The van der Waals surface area contributed by atoms with Crippen molar-refractivity contribution < 1.29 is 4.74 Å². The number of hydrogen-bond donors (Lipinski definition) is 3. The molecule has 1 heterocycles. The molecule has 0 radical (unpaired) electrons. The lowest BCUT2D eigenvalue weighted by Crippen LogP contribution is -2.32. The molecule has 1 aliphatic rings. The maximum absolute atomic E-state index is 6.06. The van der Waals surface area contributed by atoms with Gasteiger partial charge in [0.05, 0.1) is 29.4 Å². The van der Waals surface area contributed by atoms with Crippen molar-refractivity contribution in [1.82, 2.24) is 9.99 Å². The molecule has 0 spiro atoms. The van der Waals surface area contributed by atoms with Gasteiger partial charge in [0.2, 0.25) is 0 Å². The quantitative estimate of drug-likeness (QED) is 0.556. The SMILES string of the molecule is CN(N)/C(CN)=C(\N)c1ccc(OC2CCCCC2)cn1. The van der Waals surface area contributed by atoms with E-state index in [1.54, 1.807) is 13.2 Å². The van der Waals surface area contributed by atoms with Gasteiger partial charge in [-0.15, -0.1) is 0 Å². The second-order valence-electron chi connectivity index (χ2n) is 5.43. The van der Waals surface area contributed by atoms with Gasteiger partial charge >= 0.3 is 0 Å². The lowest BCUT2D eigenvalue weighted by molar-refractivity contribution is 0.154. The van der Waals surface area contributed by atoms with Crippen LogP contribution in [-0.2, 0) is 0 Å². The van der Waals surface area contributed by atoms with Crippen LogP contribution in [0.4, 0.5) is 0 Å². The molecule has 6 nitrogen and oxygen atoms in total. The lowest BCUT2D eigenvalue weighted by Gasteiger charge is -2.23. The van der Waals surface area contributed by atoms with Crippen LogP contribution < -0.4 is 22.0 Å². The topological polar surface area (TPSA) is 103 Å². The Kier molecular flexibility index (Phi) is 5.41. The molecule has 0 unspecified atom stereocenters. The summed E-state index contributed by atoms with van der Waals surface area (Å²) in [7, 11) is 1.70. The predicted molar refractivity (Wildman–Crippen MR) is 83.9 cm³/mol. The minimum atomic E-state index is 0.265. The molecule has 6 N–H and O–H groups in total. The highest BCUT2D eigenvalue weighted by Gasteiger charge is 2.15. The van der Waals surface area contributed by atoms with Crippen molar-refractivity contribution in [2.24, 2.45) is 17.3 Å². The van der Waals surface area contributed by atoms with Crippen LogP contribution in [0.25, 0.3) is 5.70 Å². The van der Waals surface area contributed by atoms with Gasteiger partial charge in [-0.3, -0.25) is 4.98 Å². The molecule has 2 rings (SSSR count). The summed E-state index contributed by atoms with van der Waals surface area (Å²) >= 11 is 0. The van der Waals surface area contributed by atoms with E-state index < -0.39 is 0 Å². The van der Waals surface area contributed by atoms with Gasteiger partial charge in [0.25, 0.3) is 0 Å². The van der Waals surface area contributed by atoms with Gasteiger partial charge in [0.1, 0.15) is 5.75 Å². The fourth-order valence-corrected chi connectivity index (χ4v) is 2.58. The molecule has 1 aromatic heterocycles. The average molecular weight is 291 g/mol. The Bertz CT molecular complexity index is 477. The Morgan fingerprint density at radius 3 is 2.57 bits per heavy atom. The molecule has 0 aromatic carbocycles. The fourth-order valence-electron chi connectivity index (χ4n) is 2.58. The van der Waals surface area contributed by atoms with Crippen molar-refractivity contribution in [2.45, 2.75) is 38.2 Å². The summed E-state index contributed by atoms with van der Waals surface area (Å²) in [5.74, 6) is 6.49. The number of ether oxygens (including phenoxy) is 1. The third kappa shape index (κ3) is 4.09. The highest BCUT2D eigenvalue weighted by Crippen LogP contribution is 2.23. The zero-order valence-electron chi connectivity index (χ0n) is 12.6. The summed E-state index contributed by atoms with van der Waals surface area (Å²) in [5, 5.41) is 1.42. The Balaban J connectivity index is 2.07. The van der Waals surface area contributed by atoms with E-state index in [9.17, 15) is 0 Å². The zero-order valence-corrected chi connectivity index (χ0v) is 12.6. The zero-order chi connectivity index (χ0) is 15.2. The summed E-state index contributed by atoms with van der Waals surface area (Å²) in [6.45, 7) is 0.265. The Morgan fingerprint density at radius 1 is 1.33 bits per heavy atom. The van der Waals surface area contributed by atoms with Crippen molar-refractivity contribution >= 4 is 5.70 Å². The van der Waals surface area contributed by atoms with E-state index in [1.165, 1.54) is 24.3 Å². The van der Waals surface area contributed by atoms with Gasteiger partial charge in [-0.05, 0) is 37.8 Å². The third-order valence-electron chi connectivity index (χ3n) is 3.80. The first-order chi connectivity index (χ1) is 10.1. The highest BCUT2D eigenvalue weighted by molar-refractivity contribution is 5.63. The van der Waals surface area contributed by atoms with Crippen molar-refractivity contribution in [1.29, 1.82) is 0 Å². The largest absolute Gasteiger partial charge is 0.489 e. The van der Waals surface area contributed by atoms with E-state index in [0.717, 1.165) is 18.6 Å². The summed E-state index contributed by atoms with van der Waals surface area (Å²) in [4.78, 5) is 4.35. The minimum Gasteiger partial charge on any atom is -0.489 e. The molecular weight excluding hydrogens is 266 g/mol. The standard InChI is InChI=1S/C15H25N5O/c1-20(18)14(9-16)15(17)13-8-7-12(10-19-13)21-11-5-3-2-4-6-11/h7-8,10-11H,2-6,9,16-18H2,1H3/b15-14-. The molecule has 1 aliphatic carbocycles. The van der Waals surface area contributed by atoms with Gasteiger partial charge in [0, 0.05) is 13.6 Å². The number of nitrogens with zero attached hydrogens (tertiary/aromatic N) is 2. The summed E-state index contributed by atoms with van der Waals surface area (Å²) < 4.78 is 5.95. The Morgan fingerprint density at radius 2 is 2.05 bits per heavy atom. The molecule has 1 saturated carbocycles. The molecule has 6 heteroatoms. The Hall–Kier alpha value is -1.79. The molecule has 1 aromatic rings. The monoisotopic (exact) mass is 291 g/mol. The molecule has 21 heavy (non-hydrogen) atoms. The summed E-state index contributed by atoms with van der Waals surface area (Å²) in [6, 6.07) is 3.74. The van der Waals surface area contributed by atoms with Crippen LogP contribution in [0.2, 0.25) is 0 Å². The van der Waals surface area contributed by atoms with E-state index in [1.807, 2.05) is 12.1 Å². The predicted octanol–water partition coefficient (Wildman–Crippen LogP) is 1.18. The van der Waals surface area contributed by atoms with Crippen LogP contribution in [0, 0.1) is 0 Å². The Labute approximate surface area is 125 Å². The number of aromatic nitrogens is 1. The van der Waals surface area contributed by atoms with E-state index in [4.69, 9.17) is 22.0 Å². The van der Waals surface area contributed by atoms with Crippen LogP contribution in [0.3, 0.4) is 0 Å². The first kappa shape index (κ1) is 15.6. The normalized spacial score (nSPS) is 17.3. The number of pyridine rings is 1. The van der Waals surface area contributed by atoms with Crippen molar-refractivity contribution in [3.8, 4) is 5.75 Å². The van der Waals surface area contributed by atoms with Crippen molar-refractivity contribution in [3.05, 3.63) is 29.7 Å². The van der Waals surface area contributed by atoms with Gasteiger partial charge in [-0.1, -0.05) is 6.42 Å². The highest BCUT2D eigenvalue weighted by atomic mass is 16.5. The van der Waals surface area contributed by atoms with E-state index >= 15 is 0 Å². The second-order valence-corrected chi connectivity index (χ2v) is 5.43. The van der Waals surface area contributed by atoms with Gasteiger partial charge in [-0.2, -0.15) is 0 Å². The number of likely N-dealkylation sites (N-methyl/N-ethyl adjacent to an activating group) is 1. The molecule has 0 amide bonds. The first-order valence-electron chi connectivity index (χ1n) is 7.42. The van der Waals surface area contributed by atoms with Gasteiger partial charge in [-0.25, -0.2) is 5.84 Å². The first-order valence-corrected chi connectivity index (χ1v) is 7.42. The number of rotatable bonds is 5. The lowest BCUT2D eigenvalue weighted by atomic mass is 9.98. The maximum Gasteiger partial charge on any atom is 0.138 e. The second kappa shape index (κ2) is 7.28. The van der Waals surface area contributed by atoms with E-state index in [2.05, 4.69) is 4.98 Å². The van der Waals surface area contributed by atoms with Gasteiger partial charge < -0.3 is 21.2 Å². The number of hydrogen-bond acceptors (Lipinski definition) is 6. The minimum absolute atomic E-state index is 0.265. The molecule has 116 valence electrons. The van der Waals surface area contributed by atoms with Crippen molar-refractivity contribution in [2.75, 3.05) is 13.6 Å². The average Bonchev–Trinajstić information content (AvgIpc) is 2.49. The molecule has 0 bridgehead atoms. The smallest absolute Gasteiger partial charge is 0.138 e. The van der Waals surface area contributed by atoms with Crippen molar-refractivity contribution in [3.63, 3.8) is 0 Å². The number of nitrogens with two attached hydrogens (primary N) is 3. The molecule has 0 atom stereocenters. The summed E-state index contributed by atoms with van der Waals surface area (Å²) in [6.07, 6.45) is 8.07. The molecular formula is C15H25N5O. The number of hydrazine groups is 1. The molecule has 1 fully saturated rings. The van der Waals surface area contributed by atoms with Crippen LogP contribution in [0.15, 0.2) is 24.0 Å². The third-order valence-corrected chi connectivity index (χ3v) is 3.80. The molecule has 0 aliphatic heterocycles. The summed E-state index contributed by atoms with van der Waals surface area (Å²) in [5.41, 5.74) is 13.5. The van der Waals surface area contributed by atoms with Gasteiger partial charge in [0.15, 0.2) is 0 Å². The van der Waals surface area contributed by atoms with E-state index in [0.29, 0.717) is 23.2 Å². The van der Waals surface area contributed by atoms with Crippen LogP contribution in [-0.4, -0.2) is 29.7 Å². The fraction of sp³-hybridized carbons (Fsp3) is 0.533.